The molecule has 1 N–H and O–H groups in total. The van der Waals surface area contributed by atoms with Crippen molar-refractivity contribution in [3.05, 3.63) is 95.1 Å². The van der Waals surface area contributed by atoms with E-state index >= 15 is 0 Å². The lowest BCUT2D eigenvalue weighted by Gasteiger charge is -2.18. The molecule has 0 aliphatic heterocycles. The average molecular weight is 561 g/mol. The number of hydrogen-bond acceptors (Lipinski definition) is 4. The summed E-state index contributed by atoms with van der Waals surface area (Å²) in [5.41, 5.74) is 0.385. The minimum atomic E-state index is -4.75. The first-order chi connectivity index (χ1) is 18.2. The van der Waals surface area contributed by atoms with E-state index in [1.165, 1.54) is 73.2 Å². The molecular weight excluding hydrogens is 536 g/mol. The van der Waals surface area contributed by atoms with Crippen molar-refractivity contribution >= 4 is 21.4 Å². The van der Waals surface area contributed by atoms with Crippen molar-refractivity contribution in [2.75, 3.05) is 18.7 Å². The third-order valence-electron chi connectivity index (χ3n) is 6.24. The van der Waals surface area contributed by atoms with E-state index in [4.69, 9.17) is 4.74 Å². The number of ether oxygens (including phenoxy) is 1. The van der Waals surface area contributed by atoms with Gasteiger partial charge in [0.25, 0.3) is 5.91 Å². The standard InChI is InChI=1S/C28H24F4N2O4S/c1-16-13-22(27(35)33-20-7-9-21(10-8-20)39(4,36)37)17(2)34(16)25-11-5-18(14-23(25)28(30,31)32)19-6-12-26(38-3)24(29)15-19/h5-15H,1-4H3,(H,33,35). The molecule has 0 saturated heterocycles. The van der Waals surface area contributed by atoms with Crippen LogP contribution < -0.4 is 10.1 Å². The number of nitrogens with one attached hydrogen (secondary N) is 1. The second kappa shape index (κ2) is 10.2. The van der Waals surface area contributed by atoms with Gasteiger partial charge in [0.2, 0.25) is 0 Å². The number of hydrogen-bond donors (Lipinski definition) is 1. The molecular formula is C28H24F4N2O4S. The second-order valence-electron chi connectivity index (χ2n) is 8.95. The molecule has 6 nitrogen and oxygen atoms in total. The first-order valence-electron chi connectivity index (χ1n) is 11.6. The van der Waals surface area contributed by atoms with Gasteiger partial charge in [0.15, 0.2) is 21.4 Å². The van der Waals surface area contributed by atoms with Gasteiger partial charge in [-0.15, -0.1) is 0 Å². The summed E-state index contributed by atoms with van der Waals surface area (Å²) >= 11 is 0. The summed E-state index contributed by atoms with van der Waals surface area (Å²) in [6.45, 7) is 3.11. The highest BCUT2D eigenvalue weighted by atomic mass is 32.2. The smallest absolute Gasteiger partial charge is 0.418 e. The number of benzene rings is 3. The fraction of sp³-hybridized carbons (Fsp3) is 0.179. The van der Waals surface area contributed by atoms with Gasteiger partial charge in [-0.1, -0.05) is 12.1 Å². The van der Waals surface area contributed by atoms with Crippen molar-refractivity contribution in [1.29, 1.82) is 0 Å². The zero-order valence-corrected chi connectivity index (χ0v) is 22.2. The molecule has 0 aliphatic carbocycles. The van der Waals surface area contributed by atoms with Crippen LogP contribution in [-0.4, -0.2) is 32.3 Å². The van der Waals surface area contributed by atoms with E-state index in [0.29, 0.717) is 11.4 Å². The summed E-state index contributed by atoms with van der Waals surface area (Å²) in [5.74, 6) is -1.30. The lowest BCUT2D eigenvalue weighted by atomic mass is 10.0. The molecule has 0 spiro atoms. The molecule has 39 heavy (non-hydrogen) atoms. The van der Waals surface area contributed by atoms with Gasteiger partial charge in [0.1, 0.15) is 0 Å². The van der Waals surface area contributed by atoms with Gasteiger partial charge in [0, 0.05) is 23.3 Å². The number of alkyl halides is 3. The molecule has 1 amide bonds. The van der Waals surface area contributed by atoms with Crippen LogP contribution in [0, 0.1) is 19.7 Å². The third-order valence-corrected chi connectivity index (χ3v) is 7.37. The van der Waals surface area contributed by atoms with E-state index < -0.39 is 33.3 Å². The zero-order valence-electron chi connectivity index (χ0n) is 21.4. The fourth-order valence-corrected chi connectivity index (χ4v) is 4.96. The number of amides is 1. The van der Waals surface area contributed by atoms with E-state index in [1.54, 1.807) is 6.92 Å². The first kappa shape index (κ1) is 27.9. The predicted molar refractivity (Wildman–Crippen MR) is 140 cm³/mol. The largest absolute Gasteiger partial charge is 0.494 e. The Hall–Kier alpha value is -4.12. The Morgan fingerprint density at radius 1 is 0.923 bits per heavy atom. The maximum atomic E-state index is 14.2. The van der Waals surface area contributed by atoms with Crippen LogP contribution >= 0.6 is 0 Å². The number of carbonyl (C=O) groups excluding carboxylic acids is 1. The van der Waals surface area contributed by atoms with Crippen molar-refractivity contribution in [2.24, 2.45) is 0 Å². The number of carbonyl (C=O) groups is 1. The number of nitrogens with zero attached hydrogens (tertiary/aromatic N) is 1. The summed E-state index contributed by atoms with van der Waals surface area (Å²) in [5, 5.41) is 2.64. The number of aryl methyl sites for hydroxylation is 1. The molecule has 204 valence electrons. The highest BCUT2D eigenvalue weighted by Gasteiger charge is 2.35. The summed E-state index contributed by atoms with van der Waals surface area (Å²) in [7, 11) is -2.12. The summed E-state index contributed by atoms with van der Waals surface area (Å²) in [4.78, 5) is 13.1. The Morgan fingerprint density at radius 2 is 1.54 bits per heavy atom. The Bertz CT molecular complexity index is 1680. The minimum Gasteiger partial charge on any atom is -0.494 e. The van der Waals surface area contributed by atoms with Gasteiger partial charge in [-0.2, -0.15) is 13.2 Å². The van der Waals surface area contributed by atoms with Crippen LogP contribution in [0.3, 0.4) is 0 Å². The number of methoxy groups -OCH3 is 1. The van der Waals surface area contributed by atoms with Crippen molar-refractivity contribution in [3.8, 4) is 22.6 Å². The van der Waals surface area contributed by atoms with E-state index in [0.717, 1.165) is 18.4 Å². The minimum absolute atomic E-state index is 0.0258. The van der Waals surface area contributed by atoms with Crippen molar-refractivity contribution in [2.45, 2.75) is 24.9 Å². The highest BCUT2D eigenvalue weighted by Crippen LogP contribution is 2.39. The van der Waals surface area contributed by atoms with Gasteiger partial charge in [-0.25, -0.2) is 12.8 Å². The molecule has 0 unspecified atom stereocenters. The van der Waals surface area contributed by atoms with Crippen LogP contribution in [0.25, 0.3) is 16.8 Å². The molecule has 0 aliphatic rings. The Kier molecular flexibility index (Phi) is 7.31. The lowest BCUT2D eigenvalue weighted by Crippen LogP contribution is -2.15. The maximum Gasteiger partial charge on any atom is 0.418 e. The Labute approximate surface area is 222 Å². The summed E-state index contributed by atoms with van der Waals surface area (Å²) in [6, 6.07) is 14.6. The van der Waals surface area contributed by atoms with Crippen LogP contribution in [0.4, 0.5) is 23.2 Å². The predicted octanol–water partition coefficient (Wildman–Crippen LogP) is 6.58. The van der Waals surface area contributed by atoms with E-state index in [-0.39, 0.29) is 38.7 Å². The van der Waals surface area contributed by atoms with Crippen molar-refractivity contribution < 1.29 is 35.5 Å². The van der Waals surface area contributed by atoms with E-state index in [1.807, 2.05) is 0 Å². The SMILES string of the molecule is COc1ccc(-c2ccc(-n3c(C)cc(C(=O)Nc4ccc(S(C)(=O)=O)cc4)c3C)c(C(F)(F)F)c2)cc1F. The fourth-order valence-electron chi connectivity index (χ4n) is 4.33. The molecule has 0 atom stereocenters. The molecule has 3 aromatic carbocycles. The van der Waals surface area contributed by atoms with Crippen LogP contribution in [0.15, 0.2) is 71.6 Å². The quantitative estimate of drug-likeness (QED) is 0.270. The van der Waals surface area contributed by atoms with Crippen molar-refractivity contribution in [1.82, 2.24) is 4.57 Å². The molecule has 4 rings (SSSR count). The first-order valence-corrected chi connectivity index (χ1v) is 13.5. The molecule has 0 radical (unpaired) electrons. The topological polar surface area (TPSA) is 77.4 Å². The number of aromatic nitrogens is 1. The second-order valence-corrected chi connectivity index (χ2v) is 11.0. The van der Waals surface area contributed by atoms with Gasteiger partial charge in [0.05, 0.1) is 28.8 Å². The molecule has 0 bridgehead atoms. The van der Waals surface area contributed by atoms with E-state index in [2.05, 4.69) is 5.32 Å². The number of halogens is 4. The third kappa shape index (κ3) is 5.68. The molecule has 1 heterocycles. The maximum absolute atomic E-state index is 14.2. The number of sulfone groups is 1. The van der Waals surface area contributed by atoms with Gasteiger partial charge in [-0.05, 0) is 79.6 Å². The van der Waals surface area contributed by atoms with Crippen molar-refractivity contribution in [3.63, 3.8) is 0 Å². The number of rotatable bonds is 6. The summed E-state index contributed by atoms with van der Waals surface area (Å²) < 4.78 is 86.4. The van der Waals surface area contributed by atoms with Gasteiger partial charge >= 0.3 is 6.18 Å². The van der Waals surface area contributed by atoms with Gasteiger partial charge < -0.3 is 14.6 Å². The normalized spacial score (nSPS) is 11.9. The zero-order chi connectivity index (χ0) is 28.7. The van der Waals surface area contributed by atoms with Crippen LogP contribution in [0.5, 0.6) is 5.75 Å². The van der Waals surface area contributed by atoms with E-state index in [9.17, 15) is 30.8 Å². The Morgan fingerprint density at radius 3 is 2.10 bits per heavy atom. The van der Waals surface area contributed by atoms with Crippen LogP contribution in [0.2, 0.25) is 0 Å². The molecule has 1 aromatic heterocycles. The molecule has 0 saturated carbocycles. The van der Waals surface area contributed by atoms with Crippen LogP contribution in [0.1, 0.15) is 27.3 Å². The van der Waals surface area contributed by atoms with Gasteiger partial charge in [-0.3, -0.25) is 4.79 Å². The Balaban J connectivity index is 1.72. The lowest BCUT2D eigenvalue weighted by molar-refractivity contribution is -0.137. The number of anilines is 1. The molecule has 0 fully saturated rings. The van der Waals surface area contributed by atoms with Crippen LogP contribution in [-0.2, 0) is 16.0 Å². The molecule has 4 aromatic rings. The molecule has 11 heteroatoms. The summed E-state index contributed by atoms with van der Waals surface area (Å²) in [6.07, 6.45) is -3.68. The monoisotopic (exact) mass is 560 g/mol. The highest BCUT2D eigenvalue weighted by molar-refractivity contribution is 7.90. The average Bonchev–Trinajstić information content (AvgIpc) is 3.16.